The maximum atomic E-state index is 17.0. The standard InChI is InChI=1S/C22H32FO7P/c1-12-8-16-15-5-4-13-9-14(24)6-7-21(13,3)22(15,23)18(26)10-20(16,2)19(12)17(25)11-30-31(27,28)29/h6-7,9,12,14-16,18-19,24,26H,4-5,8,10-11H2,1-3H3,(H2,27,28,29)/t12-,14?,15+,16+,18+,19-,20+,21+,22+/m1/s1. The van der Waals surface area contributed by atoms with Gasteiger partial charge in [-0.2, -0.15) is 0 Å². The van der Waals surface area contributed by atoms with Gasteiger partial charge in [-0.25, -0.2) is 8.96 Å². The number of allylic oxidation sites excluding steroid dienone is 2. The van der Waals surface area contributed by atoms with Gasteiger partial charge in [0.05, 0.1) is 12.2 Å². The van der Waals surface area contributed by atoms with Crippen LogP contribution in [0.2, 0.25) is 0 Å². The van der Waals surface area contributed by atoms with Gasteiger partial charge in [0.15, 0.2) is 11.5 Å². The highest BCUT2D eigenvalue weighted by molar-refractivity contribution is 7.46. The average molecular weight is 458 g/mol. The molecular formula is C22H32FO7P. The van der Waals surface area contributed by atoms with Gasteiger partial charge < -0.3 is 20.0 Å². The van der Waals surface area contributed by atoms with Crippen molar-refractivity contribution >= 4 is 13.6 Å². The summed E-state index contributed by atoms with van der Waals surface area (Å²) in [5.74, 6) is -1.73. The van der Waals surface area contributed by atoms with Crippen LogP contribution in [-0.4, -0.2) is 50.3 Å². The van der Waals surface area contributed by atoms with Crippen molar-refractivity contribution in [1.82, 2.24) is 0 Å². The molecule has 0 saturated heterocycles. The normalized spacial score (nSPS) is 49.1. The minimum absolute atomic E-state index is 0.0839. The topological polar surface area (TPSA) is 124 Å². The summed E-state index contributed by atoms with van der Waals surface area (Å²) in [5, 5.41) is 21.2. The Morgan fingerprint density at radius 2 is 1.97 bits per heavy atom. The quantitative estimate of drug-likeness (QED) is 0.377. The summed E-state index contributed by atoms with van der Waals surface area (Å²) in [5.41, 5.74) is -2.83. The highest BCUT2D eigenvalue weighted by Crippen LogP contribution is 2.69. The van der Waals surface area contributed by atoms with Crippen LogP contribution in [0.5, 0.6) is 0 Å². The summed E-state index contributed by atoms with van der Waals surface area (Å²) >= 11 is 0. The molecule has 7 nitrogen and oxygen atoms in total. The van der Waals surface area contributed by atoms with Crippen LogP contribution in [-0.2, 0) is 13.9 Å². The third-order valence-electron chi connectivity index (χ3n) is 8.80. The zero-order valence-electron chi connectivity index (χ0n) is 18.1. The molecule has 4 rings (SSSR count). The number of Topliss-reactive ketones (excluding diaryl/α,β-unsaturated/α-hetero) is 1. The molecule has 4 aliphatic carbocycles. The summed E-state index contributed by atoms with van der Waals surface area (Å²) in [4.78, 5) is 30.9. The van der Waals surface area contributed by atoms with Crippen molar-refractivity contribution in [2.24, 2.45) is 34.5 Å². The van der Waals surface area contributed by atoms with Crippen LogP contribution in [0, 0.1) is 34.5 Å². The molecule has 0 spiro atoms. The number of phosphoric ester groups is 1. The SMILES string of the molecule is C[C@@H]1C[C@H]2[C@@H]3CCC4=CC(O)C=C[C@]4(C)[C@@]3(F)[C@@H](O)C[C@]2(C)[C@H]1C(=O)COP(=O)(O)O. The Morgan fingerprint density at radius 1 is 1.29 bits per heavy atom. The molecule has 4 aliphatic rings. The third kappa shape index (κ3) is 3.33. The second-order valence-corrected chi connectivity index (χ2v) is 11.6. The van der Waals surface area contributed by atoms with Gasteiger partial charge in [-0.3, -0.25) is 9.32 Å². The molecule has 1 unspecified atom stereocenters. The van der Waals surface area contributed by atoms with Gasteiger partial charge in [-0.05, 0) is 49.9 Å². The predicted octanol–water partition coefficient (Wildman–Crippen LogP) is 2.69. The van der Waals surface area contributed by atoms with Gasteiger partial charge in [0.2, 0.25) is 0 Å². The van der Waals surface area contributed by atoms with E-state index in [0.29, 0.717) is 19.3 Å². The summed E-state index contributed by atoms with van der Waals surface area (Å²) in [7, 11) is -4.78. The van der Waals surface area contributed by atoms with E-state index in [1.54, 1.807) is 25.2 Å². The van der Waals surface area contributed by atoms with Crippen LogP contribution in [0.25, 0.3) is 0 Å². The summed E-state index contributed by atoms with van der Waals surface area (Å²) in [6.45, 7) is 4.89. The molecule has 9 heteroatoms. The van der Waals surface area contributed by atoms with Crippen LogP contribution in [0.3, 0.4) is 0 Å². The third-order valence-corrected chi connectivity index (χ3v) is 9.27. The van der Waals surface area contributed by atoms with Crippen molar-refractivity contribution < 1.29 is 38.3 Å². The fraction of sp³-hybridized carbons (Fsp3) is 0.773. The Morgan fingerprint density at radius 3 is 2.61 bits per heavy atom. The van der Waals surface area contributed by atoms with E-state index < -0.39 is 60.8 Å². The largest absolute Gasteiger partial charge is 0.470 e. The molecule has 31 heavy (non-hydrogen) atoms. The zero-order chi connectivity index (χ0) is 23.0. The van der Waals surface area contributed by atoms with E-state index in [9.17, 15) is 19.6 Å². The number of carbonyl (C=O) groups excluding carboxylic acids is 1. The molecule has 0 aromatic rings. The smallest absolute Gasteiger partial charge is 0.390 e. The molecule has 9 atom stereocenters. The van der Waals surface area contributed by atoms with Gasteiger partial charge in [0.25, 0.3) is 0 Å². The highest BCUT2D eigenvalue weighted by atomic mass is 31.2. The second-order valence-electron chi connectivity index (χ2n) is 10.4. The zero-order valence-corrected chi connectivity index (χ0v) is 19.0. The molecule has 4 N–H and O–H groups in total. The van der Waals surface area contributed by atoms with Gasteiger partial charge in [-0.1, -0.05) is 37.6 Å². The fourth-order valence-electron chi connectivity index (χ4n) is 7.62. The van der Waals surface area contributed by atoms with E-state index in [1.807, 2.05) is 13.8 Å². The lowest BCUT2D eigenvalue weighted by Crippen LogP contribution is -2.66. The van der Waals surface area contributed by atoms with Gasteiger partial charge >= 0.3 is 7.82 Å². The first kappa shape index (κ1) is 23.3. The van der Waals surface area contributed by atoms with Crippen LogP contribution in [0.1, 0.15) is 46.5 Å². The molecule has 0 aromatic carbocycles. The Kier molecular flexibility index (Phi) is 5.49. The van der Waals surface area contributed by atoms with E-state index in [2.05, 4.69) is 4.52 Å². The number of halogens is 1. The Hall–Kier alpha value is -0.890. The molecule has 0 amide bonds. The number of hydrogen-bond donors (Lipinski definition) is 4. The highest BCUT2D eigenvalue weighted by Gasteiger charge is 2.71. The number of phosphoric acid groups is 1. The van der Waals surface area contributed by atoms with Gasteiger partial charge in [0.1, 0.15) is 6.61 Å². The van der Waals surface area contributed by atoms with Crippen molar-refractivity contribution in [1.29, 1.82) is 0 Å². The summed E-state index contributed by atoms with van der Waals surface area (Å²) in [6, 6.07) is 0. The Balaban J connectivity index is 1.68. The summed E-state index contributed by atoms with van der Waals surface area (Å²) in [6.07, 6.45) is 4.70. The fourth-order valence-corrected chi connectivity index (χ4v) is 7.91. The van der Waals surface area contributed by atoms with Crippen LogP contribution in [0.4, 0.5) is 4.39 Å². The number of aliphatic hydroxyl groups is 2. The van der Waals surface area contributed by atoms with E-state index in [1.165, 1.54) is 0 Å². The predicted molar refractivity (Wildman–Crippen MR) is 110 cm³/mol. The maximum absolute atomic E-state index is 17.0. The van der Waals surface area contributed by atoms with Crippen molar-refractivity contribution in [3.8, 4) is 0 Å². The Bertz CT molecular complexity index is 883. The first-order chi connectivity index (χ1) is 14.2. The molecule has 174 valence electrons. The van der Waals surface area contributed by atoms with Crippen molar-refractivity contribution in [3.05, 3.63) is 23.8 Å². The number of alkyl halides is 1. The number of hydrogen-bond acceptors (Lipinski definition) is 5. The second kappa shape index (κ2) is 7.31. The van der Waals surface area contributed by atoms with Crippen LogP contribution >= 0.6 is 7.82 Å². The van der Waals surface area contributed by atoms with Crippen LogP contribution < -0.4 is 0 Å². The minimum atomic E-state index is -4.78. The molecule has 0 bridgehead atoms. The van der Waals surface area contributed by atoms with E-state index in [4.69, 9.17) is 9.79 Å². The minimum Gasteiger partial charge on any atom is -0.390 e. The lowest BCUT2D eigenvalue weighted by Gasteiger charge is -2.62. The molecule has 0 aromatic heterocycles. The Labute approximate surface area is 181 Å². The molecule has 0 heterocycles. The molecule has 0 radical (unpaired) electrons. The lowest BCUT2D eigenvalue weighted by molar-refractivity contribution is -0.196. The van der Waals surface area contributed by atoms with Crippen molar-refractivity contribution in [2.75, 3.05) is 6.61 Å². The number of carbonyl (C=O) groups is 1. The molecule has 0 aliphatic heterocycles. The average Bonchev–Trinajstić information content (AvgIpc) is 2.91. The number of aliphatic hydroxyl groups excluding tert-OH is 2. The first-order valence-corrected chi connectivity index (χ1v) is 12.5. The van der Waals surface area contributed by atoms with Gasteiger partial charge in [-0.15, -0.1) is 0 Å². The molecular weight excluding hydrogens is 426 g/mol. The van der Waals surface area contributed by atoms with Crippen molar-refractivity contribution in [2.45, 2.75) is 64.3 Å². The molecule has 3 saturated carbocycles. The van der Waals surface area contributed by atoms with Crippen LogP contribution in [0.15, 0.2) is 23.8 Å². The van der Waals surface area contributed by atoms with E-state index >= 15 is 4.39 Å². The summed E-state index contributed by atoms with van der Waals surface area (Å²) < 4.78 is 32.5. The molecule has 3 fully saturated rings. The van der Waals surface area contributed by atoms with Gasteiger partial charge in [0, 0.05) is 17.3 Å². The first-order valence-electron chi connectivity index (χ1n) is 10.9. The lowest BCUT2D eigenvalue weighted by atomic mass is 9.45. The van der Waals surface area contributed by atoms with Crippen molar-refractivity contribution in [3.63, 3.8) is 0 Å². The monoisotopic (exact) mass is 458 g/mol. The van der Waals surface area contributed by atoms with E-state index in [0.717, 1.165) is 5.57 Å². The number of ketones is 1. The maximum Gasteiger partial charge on any atom is 0.470 e. The van der Waals surface area contributed by atoms with E-state index in [-0.39, 0.29) is 18.3 Å². The number of rotatable bonds is 4. The number of fused-ring (bicyclic) bond motifs is 5.